The lowest BCUT2D eigenvalue weighted by Gasteiger charge is -2.31. The monoisotopic (exact) mass is 295 g/mol. The van der Waals surface area contributed by atoms with Crippen LogP contribution in [0.25, 0.3) is 0 Å². The first-order valence-electron chi connectivity index (χ1n) is 8.25. The lowest BCUT2D eigenvalue weighted by molar-refractivity contribution is 0.184. The molecule has 0 saturated carbocycles. The lowest BCUT2D eigenvalue weighted by Crippen LogP contribution is -2.38. The number of hydrogen-bond acceptors (Lipinski definition) is 2. The summed E-state index contributed by atoms with van der Waals surface area (Å²) in [7, 11) is 0. The van der Waals surface area contributed by atoms with Crippen molar-refractivity contribution in [3.05, 3.63) is 35.6 Å². The van der Waals surface area contributed by atoms with Gasteiger partial charge in [-0.1, -0.05) is 64.0 Å². The molecule has 0 spiro atoms. The molecule has 0 aliphatic carbocycles. The van der Waals surface area contributed by atoms with E-state index >= 15 is 0 Å². The third-order valence-electron chi connectivity index (χ3n) is 4.41. The molecule has 1 atom stereocenters. The quantitative estimate of drug-likeness (QED) is 0.602. The number of halogens is 1. The summed E-state index contributed by atoms with van der Waals surface area (Å²) in [5, 5.41) is 9.80. The predicted octanol–water partition coefficient (Wildman–Crippen LogP) is 4.16. The molecule has 1 unspecified atom stereocenters. The zero-order valence-electron chi connectivity index (χ0n) is 13.3. The van der Waals surface area contributed by atoms with Crippen LogP contribution in [-0.4, -0.2) is 18.3 Å². The Morgan fingerprint density at radius 1 is 1.00 bits per heavy atom. The van der Waals surface area contributed by atoms with Gasteiger partial charge in [-0.2, -0.15) is 0 Å². The smallest absolute Gasteiger partial charge is 0.123 e. The Hall–Kier alpha value is -0.930. The molecule has 2 nitrogen and oxygen atoms in total. The molecule has 0 aliphatic rings. The Morgan fingerprint density at radius 3 is 2.10 bits per heavy atom. The highest BCUT2D eigenvalue weighted by Gasteiger charge is 2.29. The molecule has 0 aromatic heterocycles. The highest BCUT2D eigenvalue weighted by Crippen LogP contribution is 2.29. The third kappa shape index (κ3) is 5.76. The van der Waals surface area contributed by atoms with Crippen molar-refractivity contribution in [3.8, 4) is 0 Å². The number of nitrogens with two attached hydrogens (primary N) is 1. The van der Waals surface area contributed by atoms with Crippen molar-refractivity contribution in [1.29, 1.82) is 0 Å². The maximum atomic E-state index is 13.0. The van der Waals surface area contributed by atoms with Gasteiger partial charge in [0.2, 0.25) is 0 Å². The molecule has 0 bridgehead atoms. The highest BCUT2D eigenvalue weighted by molar-refractivity contribution is 5.26. The molecule has 0 saturated heterocycles. The Labute approximate surface area is 128 Å². The van der Waals surface area contributed by atoms with E-state index in [1.54, 1.807) is 12.1 Å². The van der Waals surface area contributed by atoms with E-state index < -0.39 is 5.41 Å². The maximum Gasteiger partial charge on any atom is 0.123 e. The summed E-state index contributed by atoms with van der Waals surface area (Å²) in [6, 6.07) is 6.39. The molecule has 120 valence electrons. The Morgan fingerprint density at radius 2 is 1.57 bits per heavy atom. The summed E-state index contributed by atoms with van der Waals surface area (Å²) in [5.74, 6) is -0.251. The summed E-state index contributed by atoms with van der Waals surface area (Å²) < 4.78 is 13.0. The van der Waals surface area contributed by atoms with Gasteiger partial charge in [-0.3, -0.25) is 0 Å². The van der Waals surface area contributed by atoms with Gasteiger partial charge in [0.25, 0.3) is 0 Å². The fourth-order valence-electron chi connectivity index (χ4n) is 2.82. The molecule has 0 amide bonds. The molecule has 1 aromatic carbocycles. The van der Waals surface area contributed by atoms with E-state index in [2.05, 4.69) is 6.92 Å². The van der Waals surface area contributed by atoms with E-state index in [9.17, 15) is 9.50 Å². The van der Waals surface area contributed by atoms with Gasteiger partial charge in [0.05, 0.1) is 6.61 Å². The first-order valence-corrected chi connectivity index (χ1v) is 8.25. The number of unbranched alkanes of at least 4 members (excludes halogenated alkanes) is 6. The van der Waals surface area contributed by atoms with Gasteiger partial charge in [-0.25, -0.2) is 4.39 Å². The van der Waals surface area contributed by atoms with Crippen LogP contribution < -0.4 is 5.73 Å². The molecular formula is C18H30FNO. The predicted molar refractivity (Wildman–Crippen MR) is 86.8 cm³/mol. The fraction of sp³-hybridized carbons (Fsp3) is 0.667. The molecular weight excluding hydrogens is 265 g/mol. The minimum atomic E-state index is -0.420. The van der Waals surface area contributed by atoms with Gasteiger partial charge in [-0.05, 0) is 24.1 Å². The average molecular weight is 295 g/mol. The zero-order valence-corrected chi connectivity index (χ0v) is 13.3. The molecule has 1 aromatic rings. The first kappa shape index (κ1) is 18.1. The molecule has 1 rings (SSSR count). The molecule has 21 heavy (non-hydrogen) atoms. The first-order chi connectivity index (χ1) is 10.2. The third-order valence-corrected chi connectivity index (χ3v) is 4.41. The van der Waals surface area contributed by atoms with Crippen molar-refractivity contribution < 1.29 is 9.50 Å². The van der Waals surface area contributed by atoms with Crippen LogP contribution >= 0.6 is 0 Å². The van der Waals surface area contributed by atoms with Gasteiger partial charge in [0, 0.05) is 12.0 Å². The van der Waals surface area contributed by atoms with E-state index in [0.717, 1.165) is 18.4 Å². The molecule has 0 heterocycles. The van der Waals surface area contributed by atoms with E-state index in [-0.39, 0.29) is 12.4 Å². The normalized spacial score (nSPS) is 14.1. The number of hydrogen-bond donors (Lipinski definition) is 2. The van der Waals surface area contributed by atoms with Crippen LogP contribution in [0.1, 0.15) is 63.9 Å². The Kier molecular flexibility index (Phi) is 8.55. The summed E-state index contributed by atoms with van der Waals surface area (Å²) in [6.07, 6.45) is 9.53. The summed E-state index contributed by atoms with van der Waals surface area (Å²) in [5.41, 5.74) is 6.44. The van der Waals surface area contributed by atoms with Crippen molar-refractivity contribution >= 4 is 0 Å². The van der Waals surface area contributed by atoms with Crippen LogP contribution in [0.4, 0.5) is 4.39 Å². The van der Waals surface area contributed by atoms with Crippen LogP contribution in [0.5, 0.6) is 0 Å². The van der Waals surface area contributed by atoms with E-state index in [4.69, 9.17) is 5.73 Å². The van der Waals surface area contributed by atoms with Gasteiger partial charge in [0.15, 0.2) is 0 Å². The minimum absolute atomic E-state index is 0.0188. The number of benzene rings is 1. The molecule has 0 fully saturated rings. The van der Waals surface area contributed by atoms with Gasteiger partial charge in [-0.15, -0.1) is 0 Å². The topological polar surface area (TPSA) is 46.2 Å². The van der Waals surface area contributed by atoms with Crippen LogP contribution in [0.2, 0.25) is 0 Å². The van der Waals surface area contributed by atoms with Gasteiger partial charge < -0.3 is 10.8 Å². The van der Waals surface area contributed by atoms with Crippen molar-refractivity contribution in [2.24, 2.45) is 5.73 Å². The number of aliphatic hydroxyl groups excluding tert-OH is 1. The highest BCUT2D eigenvalue weighted by atomic mass is 19.1. The second-order valence-corrected chi connectivity index (χ2v) is 6.02. The molecule has 3 heteroatoms. The van der Waals surface area contributed by atoms with Gasteiger partial charge in [0.1, 0.15) is 5.82 Å². The number of aliphatic hydroxyl groups is 1. The molecule has 0 radical (unpaired) electrons. The van der Waals surface area contributed by atoms with Gasteiger partial charge >= 0.3 is 0 Å². The standard InChI is InChI=1S/C18H30FNO/c1-2-3-4-5-6-7-8-13-18(14-20,15-21)16-9-11-17(19)12-10-16/h9-12,21H,2-8,13-15,20H2,1H3. The lowest BCUT2D eigenvalue weighted by atomic mass is 9.77. The van der Waals surface area contributed by atoms with Crippen molar-refractivity contribution in [2.75, 3.05) is 13.2 Å². The summed E-state index contributed by atoms with van der Waals surface area (Å²) >= 11 is 0. The van der Waals surface area contributed by atoms with E-state index in [1.807, 2.05) is 0 Å². The maximum absolute atomic E-state index is 13.0. The Bertz CT molecular complexity index is 373. The van der Waals surface area contributed by atoms with Crippen molar-refractivity contribution in [3.63, 3.8) is 0 Å². The summed E-state index contributed by atoms with van der Waals surface area (Å²) in [4.78, 5) is 0. The second-order valence-electron chi connectivity index (χ2n) is 6.02. The van der Waals surface area contributed by atoms with Crippen LogP contribution in [0.3, 0.4) is 0 Å². The Balaban J connectivity index is 2.47. The second kappa shape index (κ2) is 9.91. The molecule has 0 aliphatic heterocycles. The fourth-order valence-corrected chi connectivity index (χ4v) is 2.82. The molecule has 3 N–H and O–H groups in total. The SMILES string of the molecule is CCCCCCCCCC(CN)(CO)c1ccc(F)cc1. The zero-order chi connectivity index (χ0) is 15.6. The van der Waals surface area contributed by atoms with Crippen molar-refractivity contribution in [2.45, 2.75) is 63.7 Å². The minimum Gasteiger partial charge on any atom is -0.395 e. The van der Waals surface area contributed by atoms with Crippen LogP contribution in [0.15, 0.2) is 24.3 Å². The van der Waals surface area contributed by atoms with Crippen molar-refractivity contribution in [1.82, 2.24) is 0 Å². The summed E-state index contributed by atoms with van der Waals surface area (Å²) in [6.45, 7) is 2.63. The number of rotatable bonds is 11. The largest absolute Gasteiger partial charge is 0.395 e. The van der Waals surface area contributed by atoms with E-state index in [1.165, 1.54) is 50.7 Å². The van der Waals surface area contributed by atoms with E-state index in [0.29, 0.717) is 6.54 Å². The van der Waals surface area contributed by atoms with Crippen LogP contribution in [0, 0.1) is 5.82 Å². The van der Waals surface area contributed by atoms with Crippen LogP contribution in [-0.2, 0) is 5.41 Å². The average Bonchev–Trinajstić information content (AvgIpc) is 2.52.